The Labute approximate surface area is 246 Å². The van der Waals surface area contributed by atoms with Crippen molar-refractivity contribution in [2.45, 2.75) is 58.3 Å². The molecule has 0 unspecified atom stereocenters. The highest BCUT2D eigenvalue weighted by Crippen LogP contribution is 2.55. The third kappa shape index (κ3) is 5.41. The summed E-state index contributed by atoms with van der Waals surface area (Å²) in [6.45, 7) is 8.38. The fourth-order valence-corrected chi connectivity index (χ4v) is 5.43. The van der Waals surface area contributed by atoms with Gasteiger partial charge in [-0.05, 0) is 43.4 Å². The van der Waals surface area contributed by atoms with Crippen molar-refractivity contribution >= 4 is 41.7 Å². The monoisotopic (exact) mass is 600 g/mol. The number of aryl methyl sites for hydroxylation is 1. The summed E-state index contributed by atoms with van der Waals surface area (Å²) in [6.07, 6.45) is -3.05. The molecule has 1 aliphatic carbocycles. The Morgan fingerprint density at radius 1 is 1.24 bits per heavy atom. The number of hydrazine groups is 2. The Hall–Kier alpha value is -3.76. The van der Waals surface area contributed by atoms with Gasteiger partial charge in [0.2, 0.25) is 5.95 Å². The van der Waals surface area contributed by atoms with Crippen LogP contribution in [-0.4, -0.2) is 41.1 Å². The third-order valence-electron chi connectivity index (χ3n) is 7.55. The molecule has 3 heterocycles. The Balaban J connectivity index is 1.62. The molecule has 0 spiro atoms. The van der Waals surface area contributed by atoms with Crippen LogP contribution in [0.5, 0.6) is 0 Å². The summed E-state index contributed by atoms with van der Waals surface area (Å²) in [7, 11) is 1.60. The van der Waals surface area contributed by atoms with Gasteiger partial charge in [0.15, 0.2) is 13.4 Å². The van der Waals surface area contributed by atoms with Crippen LogP contribution in [0.15, 0.2) is 41.8 Å². The van der Waals surface area contributed by atoms with Crippen molar-refractivity contribution in [2.24, 2.45) is 5.41 Å². The average Bonchev–Trinajstić information content (AvgIpc) is 3.62. The molecule has 0 saturated heterocycles. The molecule has 0 radical (unpaired) electrons. The number of rotatable bonds is 7. The van der Waals surface area contributed by atoms with Gasteiger partial charge < -0.3 is 16.1 Å². The molecular formula is C28H30BClF4N8. The van der Waals surface area contributed by atoms with Gasteiger partial charge in [0.25, 0.3) is 0 Å². The number of benzene rings is 1. The number of pyridine rings is 2. The molecule has 42 heavy (non-hydrogen) atoms. The van der Waals surface area contributed by atoms with E-state index in [4.69, 9.17) is 11.6 Å². The van der Waals surface area contributed by atoms with Crippen molar-refractivity contribution in [3.05, 3.63) is 69.5 Å². The standard InChI is InChI=1S/C28H30BClF4N8/c1-14-17(5-6-20(31)38-14)23(24-25(29)42(41-40-24)27(7-8-27)28(32,33)34)39-16-9-18-21(37-13-26(2,3)4)15(11-35)12-36-22(18)19(30)10-16/h5-6,9-10,12,23,39-41H,7-8,13,29H2,1-4H3,(H,36,37)/t23-/m0/s1. The van der Waals surface area contributed by atoms with Gasteiger partial charge >= 0.3 is 6.18 Å². The predicted octanol–water partition coefficient (Wildman–Crippen LogP) is 5.44. The zero-order valence-corrected chi connectivity index (χ0v) is 24.5. The summed E-state index contributed by atoms with van der Waals surface area (Å²) in [5, 5.41) is 18.6. The Kier molecular flexibility index (Phi) is 7.44. The van der Waals surface area contributed by atoms with Crippen LogP contribution in [0.3, 0.4) is 0 Å². The lowest BCUT2D eigenvalue weighted by atomic mass is 9.92. The van der Waals surface area contributed by atoms with Crippen LogP contribution in [0, 0.1) is 29.6 Å². The quantitative estimate of drug-likeness (QED) is 0.162. The van der Waals surface area contributed by atoms with E-state index in [1.165, 1.54) is 12.3 Å². The van der Waals surface area contributed by atoms with Gasteiger partial charge in [-0.1, -0.05) is 38.4 Å². The highest BCUT2D eigenvalue weighted by atomic mass is 35.5. The predicted molar refractivity (Wildman–Crippen MR) is 156 cm³/mol. The highest BCUT2D eigenvalue weighted by Gasteiger charge is 2.68. The van der Waals surface area contributed by atoms with E-state index in [1.807, 2.05) is 0 Å². The first kappa shape index (κ1) is 29.7. The fraction of sp³-hybridized carbons (Fsp3) is 0.393. The summed E-state index contributed by atoms with van der Waals surface area (Å²) in [5.74, 6) is -0.674. The molecule has 1 fully saturated rings. The third-order valence-corrected chi connectivity index (χ3v) is 7.84. The molecule has 3 aromatic rings. The number of aromatic nitrogens is 2. The zero-order valence-electron chi connectivity index (χ0n) is 23.8. The first-order chi connectivity index (χ1) is 19.6. The second-order valence-electron chi connectivity index (χ2n) is 11.9. The molecule has 1 aromatic carbocycles. The van der Waals surface area contributed by atoms with E-state index in [2.05, 4.69) is 58.4 Å². The second-order valence-corrected chi connectivity index (χ2v) is 12.3. The second kappa shape index (κ2) is 10.5. The van der Waals surface area contributed by atoms with Crippen LogP contribution in [0.2, 0.25) is 5.02 Å². The average molecular weight is 601 g/mol. The molecule has 5 rings (SSSR count). The summed E-state index contributed by atoms with van der Waals surface area (Å²) in [5.41, 5.74) is 7.08. The van der Waals surface area contributed by atoms with Gasteiger partial charge in [-0.2, -0.15) is 22.8 Å². The molecule has 2 aromatic heterocycles. The lowest BCUT2D eigenvalue weighted by Gasteiger charge is -2.32. The molecule has 1 saturated carbocycles. The van der Waals surface area contributed by atoms with Crippen molar-refractivity contribution in [3.63, 3.8) is 0 Å². The molecule has 2 aliphatic rings. The van der Waals surface area contributed by atoms with E-state index in [0.29, 0.717) is 62.0 Å². The molecule has 220 valence electrons. The van der Waals surface area contributed by atoms with Crippen LogP contribution < -0.4 is 21.6 Å². The fourth-order valence-electron chi connectivity index (χ4n) is 5.16. The number of anilines is 2. The summed E-state index contributed by atoms with van der Waals surface area (Å²) in [6, 6.07) is 7.60. The topological polar surface area (TPSA) is 101 Å². The number of nitrogens with one attached hydrogen (secondary N) is 4. The van der Waals surface area contributed by atoms with Gasteiger partial charge in [0.05, 0.1) is 33.5 Å². The van der Waals surface area contributed by atoms with Crippen molar-refractivity contribution in [1.82, 2.24) is 25.9 Å². The Morgan fingerprint density at radius 3 is 2.55 bits per heavy atom. The van der Waals surface area contributed by atoms with Crippen LogP contribution in [0.25, 0.3) is 10.9 Å². The van der Waals surface area contributed by atoms with Gasteiger partial charge in [-0.15, -0.1) is 5.53 Å². The molecule has 1 atom stereocenters. The maximum Gasteiger partial charge on any atom is 0.413 e. The maximum absolute atomic E-state index is 14.0. The summed E-state index contributed by atoms with van der Waals surface area (Å²) >= 11 is 6.68. The van der Waals surface area contributed by atoms with E-state index in [-0.39, 0.29) is 18.3 Å². The van der Waals surface area contributed by atoms with Crippen molar-refractivity contribution in [2.75, 3.05) is 17.2 Å². The van der Waals surface area contributed by atoms with Crippen LogP contribution in [0.4, 0.5) is 28.9 Å². The van der Waals surface area contributed by atoms with Gasteiger partial charge in [0.1, 0.15) is 6.07 Å². The Morgan fingerprint density at radius 2 is 1.95 bits per heavy atom. The molecule has 4 N–H and O–H groups in total. The maximum atomic E-state index is 14.0. The van der Waals surface area contributed by atoms with Crippen LogP contribution in [0.1, 0.15) is 56.5 Å². The number of nitriles is 1. The molecule has 14 heteroatoms. The SMILES string of the molecule is BC1=C([C@@H](Nc2cc(Cl)c3ncc(C#N)c(NCC(C)(C)C)c3c2)c2ccc(F)nc2C)NNN1C1(C(F)(F)F)CC1. The normalized spacial score (nSPS) is 17.2. The number of nitrogens with zero attached hydrogens (tertiary/aromatic N) is 4. The Bertz CT molecular complexity index is 1630. The first-order valence-corrected chi connectivity index (χ1v) is 13.8. The van der Waals surface area contributed by atoms with E-state index in [1.54, 1.807) is 33.0 Å². The lowest BCUT2D eigenvalue weighted by Crippen LogP contribution is -2.53. The van der Waals surface area contributed by atoms with Gasteiger partial charge in [0, 0.05) is 40.7 Å². The van der Waals surface area contributed by atoms with Crippen molar-refractivity contribution in [3.8, 4) is 6.07 Å². The number of alkyl halides is 3. The smallest absolute Gasteiger partial charge is 0.383 e. The largest absolute Gasteiger partial charge is 0.413 e. The minimum absolute atomic E-state index is 0.0378. The van der Waals surface area contributed by atoms with Crippen LogP contribution >= 0.6 is 11.6 Å². The van der Waals surface area contributed by atoms with E-state index in [0.717, 1.165) is 5.01 Å². The minimum atomic E-state index is -4.44. The van der Waals surface area contributed by atoms with Gasteiger partial charge in [-0.3, -0.25) is 9.99 Å². The lowest BCUT2D eigenvalue weighted by molar-refractivity contribution is -0.196. The molecule has 8 nitrogen and oxygen atoms in total. The summed E-state index contributed by atoms with van der Waals surface area (Å²) in [4.78, 5) is 8.35. The van der Waals surface area contributed by atoms with Gasteiger partial charge in [-0.25, -0.2) is 4.98 Å². The number of fused-ring (bicyclic) bond motifs is 1. The van der Waals surface area contributed by atoms with Crippen molar-refractivity contribution < 1.29 is 17.6 Å². The van der Waals surface area contributed by atoms with Crippen molar-refractivity contribution in [1.29, 1.82) is 5.26 Å². The summed E-state index contributed by atoms with van der Waals surface area (Å²) < 4.78 is 56.0. The molecular weight excluding hydrogens is 571 g/mol. The first-order valence-electron chi connectivity index (χ1n) is 13.4. The molecule has 0 amide bonds. The van der Waals surface area contributed by atoms with E-state index < -0.39 is 23.7 Å². The molecule has 0 bridgehead atoms. The minimum Gasteiger partial charge on any atom is -0.383 e. The molecule has 1 aliphatic heterocycles. The van der Waals surface area contributed by atoms with Crippen LogP contribution in [-0.2, 0) is 0 Å². The number of hydrogen-bond donors (Lipinski definition) is 4. The van der Waals surface area contributed by atoms with E-state index >= 15 is 0 Å². The highest BCUT2D eigenvalue weighted by molar-refractivity contribution is 6.35. The zero-order chi connectivity index (χ0) is 30.6. The number of halogens is 5. The number of hydrogen-bond acceptors (Lipinski definition) is 8. The van der Waals surface area contributed by atoms with E-state index in [9.17, 15) is 22.8 Å².